The average molecular weight is 383 g/mol. The van der Waals surface area contributed by atoms with Crippen molar-refractivity contribution in [3.05, 3.63) is 59.9 Å². The molecule has 28 heavy (non-hydrogen) atoms. The van der Waals surface area contributed by atoms with Crippen LogP contribution in [0, 0.1) is 5.41 Å². The Kier molecular flexibility index (Phi) is 6.68. The second kappa shape index (κ2) is 9.20. The van der Waals surface area contributed by atoms with E-state index in [2.05, 4.69) is 17.2 Å². The van der Waals surface area contributed by atoms with Crippen LogP contribution in [0.25, 0.3) is 0 Å². The molecule has 2 N–H and O–H groups in total. The van der Waals surface area contributed by atoms with E-state index >= 15 is 0 Å². The Bertz CT molecular complexity index is 755. The maximum Gasteiger partial charge on any atom is 0.230 e. The van der Waals surface area contributed by atoms with Crippen molar-refractivity contribution in [3.63, 3.8) is 0 Å². The number of amides is 1. The zero-order chi connectivity index (χ0) is 20.0. The Hall–Kier alpha value is -2.40. The highest BCUT2D eigenvalue weighted by Crippen LogP contribution is 2.37. The fourth-order valence-electron chi connectivity index (χ4n) is 3.78. The van der Waals surface area contributed by atoms with Crippen LogP contribution in [-0.4, -0.2) is 29.2 Å². The van der Waals surface area contributed by atoms with Crippen LogP contribution in [0.15, 0.2) is 48.7 Å². The minimum Gasteiger partial charge on any atom is -0.491 e. The lowest BCUT2D eigenvalue weighted by Crippen LogP contribution is -2.33. The molecule has 1 saturated carbocycles. The maximum atomic E-state index is 12.6. The Labute approximate surface area is 167 Å². The minimum absolute atomic E-state index is 0.211. The van der Waals surface area contributed by atoms with E-state index in [9.17, 15) is 9.90 Å². The van der Waals surface area contributed by atoms with Gasteiger partial charge in [0.15, 0.2) is 0 Å². The number of aliphatic hydroxyl groups is 1. The van der Waals surface area contributed by atoms with E-state index in [0.29, 0.717) is 0 Å². The number of benzene rings is 1. The fourth-order valence-corrected chi connectivity index (χ4v) is 3.78. The molecular formula is C23H30N2O3. The second-order valence-corrected chi connectivity index (χ2v) is 8.10. The first kappa shape index (κ1) is 20.3. The van der Waals surface area contributed by atoms with Gasteiger partial charge in [0.05, 0.1) is 37.1 Å². The van der Waals surface area contributed by atoms with Gasteiger partial charge in [0.25, 0.3) is 0 Å². The molecule has 2 atom stereocenters. The minimum atomic E-state index is -0.585. The zero-order valence-corrected chi connectivity index (χ0v) is 16.7. The quantitative estimate of drug-likeness (QED) is 0.724. The molecule has 1 aliphatic rings. The second-order valence-electron chi connectivity index (χ2n) is 8.10. The van der Waals surface area contributed by atoms with Crippen molar-refractivity contribution in [1.82, 2.24) is 10.3 Å². The molecular weight excluding hydrogens is 352 g/mol. The maximum absolute atomic E-state index is 12.6. The van der Waals surface area contributed by atoms with Gasteiger partial charge in [0.1, 0.15) is 5.75 Å². The summed E-state index contributed by atoms with van der Waals surface area (Å²) in [5.74, 6) is -0.0381. The van der Waals surface area contributed by atoms with Gasteiger partial charge in [-0.25, -0.2) is 0 Å². The van der Waals surface area contributed by atoms with Gasteiger partial charge >= 0.3 is 0 Å². The third-order valence-electron chi connectivity index (χ3n) is 5.66. The molecule has 5 heteroatoms. The van der Waals surface area contributed by atoms with Crippen molar-refractivity contribution < 1.29 is 14.6 Å². The highest BCUT2D eigenvalue weighted by Gasteiger charge is 2.29. The number of rotatable bonds is 8. The standard InChI is InChI=1S/C23H30N2O3/c1-17(25-22(27)20(15-26)18-8-4-3-5-9-18)21-11-10-19(14-24-21)28-16-23(2)12-6-7-13-23/h3-5,8-11,14,17,20,26H,6-7,12-13,15-16H2,1-2H3,(H,25,27)/t17-,20-/m0/s1. The van der Waals surface area contributed by atoms with Crippen molar-refractivity contribution in [3.8, 4) is 5.75 Å². The first-order valence-corrected chi connectivity index (χ1v) is 10.1. The Morgan fingerprint density at radius 3 is 2.54 bits per heavy atom. The predicted octanol–water partition coefficient (Wildman–Crippen LogP) is 3.99. The van der Waals surface area contributed by atoms with Gasteiger partial charge in [-0.3, -0.25) is 9.78 Å². The lowest BCUT2D eigenvalue weighted by atomic mass is 9.90. The summed E-state index contributed by atoms with van der Waals surface area (Å²) in [6, 6.07) is 12.8. The van der Waals surface area contributed by atoms with Crippen LogP contribution in [0.1, 0.15) is 62.7 Å². The number of hydrogen-bond donors (Lipinski definition) is 2. The first-order chi connectivity index (χ1) is 13.5. The molecule has 0 bridgehead atoms. The number of ether oxygens (including phenoxy) is 1. The molecule has 1 heterocycles. The van der Waals surface area contributed by atoms with Gasteiger partial charge in [0.2, 0.25) is 5.91 Å². The van der Waals surface area contributed by atoms with E-state index in [1.54, 1.807) is 6.20 Å². The molecule has 0 saturated heterocycles. The van der Waals surface area contributed by atoms with Crippen LogP contribution in [-0.2, 0) is 4.79 Å². The summed E-state index contributed by atoms with van der Waals surface area (Å²) in [5, 5.41) is 12.6. The molecule has 3 rings (SSSR count). The topological polar surface area (TPSA) is 71.5 Å². The Balaban J connectivity index is 1.56. The van der Waals surface area contributed by atoms with Crippen molar-refractivity contribution in [2.24, 2.45) is 5.41 Å². The molecule has 1 amide bonds. The number of carbonyl (C=O) groups excluding carboxylic acids is 1. The molecule has 1 aromatic carbocycles. The van der Waals surface area contributed by atoms with Crippen LogP contribution >= 0.6 is 0 Å². The predicted molar refractivity (Wildman–Crippen MR) is 109 cm³/mol. The monoisotopic (exact) mass is 382 g/mol. The van der Waals surface area contributed by atoms with Crippen molar-refractivity contribution >= 4 is 5.91 Å². The number of nitrogens with one attached hydrogen (secondary N) is 1. The Morgan fingerprint density at radius 1 is 1.21 bits per heavy atom. The summed E-state index contributed by atoms with van der Waals surface area (Å²) in [4.78, 5) is 17.0. The number of aliphatic hydroxyl groups excluding tert-OH is 1. The molecule has 5 nitrogen and oxygen atoms in total. The van der Waals surface area contributed by atoms with E-state index in [1.807, 2.05) is 49.4 Å². The van der Waals surface area contributed by atoms with Crippen LogP contribution in [0.3, 0.4) is 0 Å². The molecule has 1 aromatic heterocycles. The number of hydrogen-bond acceptors (Lipinski definition) is 4. The van der Waals surface area contributed by atoms with E-state index in [-0.39, 0.29) is 24.0 Å². The summed E-state index contributed by atoms with van der Waals surface area (Å²) < 4.78 is 5.94. The SMILES string of the molecule is C[C@H](NC(=O)[C@@H](CO)c1ccccc1)c1ccc(OCC2(C)CCCC2)cn1. The van der Waals surface area contributed by atoms with Crippen LogP contribution < -0.4 is 10.1 Å². The molecule has 150 valence electrons. The van der Waals surface area contributed by atoms with E-state index in [0.717, 1.165) is 23.6 Å². The largest absolute Gasteiger partial charge is 0.491 e. The molecule has 0 spiro atoms. The molecule has 0 aliphatic heterocycles. The molecule has 0 unspecified atom stereocenters. The summed E-state index contributed by atoms with van der Waals surface area (Å²) in [6.07, 6.45) is 6.72. The van der Waals surface area contributed by atoms with Gasteiger partial charge in [-0.2, -0.15) is 0 Å². The average Bonchev–Trinajstić information content (AvgIpc) is 3.15. The summed E-state index contributed by atoms with van der Waals surface area (Å²) in [7, 11) is 0. The fraction of sp³-hybridized carbons (Fsp3) is 0.478. The third kappa shape index (κ3) is 5.10. The molecule has 1 aliphatic carbocycles. The summed E-state index contributed by atoms with van der Waals surface area (Å²) in [6.45, 7) is 4.65. The van der Waals surface area contributed by atoms with E-state index < -0.39 is 5.92 Å². The van der Waals surface area contributed by atoms with Crippen LogP contribution in [0.4, 0.5) is 0 Å². The smallest absolute Gasteiger partial charge is 0.230 e. The van der Waals surface area contributed by atoms with E-state index in [1.165, 1.54) is 25.7 Å². The summed E-state index contributed by atoms with van der Waals surface area (Å²) >= 11 is 0. The number of nitrogens with zero attached hydrogens (tertiary/aromatic N) is 1. The van der Waals surface area contributed by atoms with Crippen LogP contribution in [0.5, 0.6) is 5.75 Å². The van der Waals surface area contributed by atoms with Gasteiger partial charge in [-0.05, 0) is 37.5 Å². The number of carbonyl (C=O) groups is 1. The van der Waals surface area contributed by atoms with E-state index in [4.69, 9.17) is 4.74 Å². The normalized spacial score (nSPS) is 17.7. The van der Waals surface area contributed by atoms with Crippen molar-refractivity contribution in [2.75, 3.05) is 13.2 Å². The Morgan fingerprint density at radius 2 is 1.93 bits per heavy atom. The van der Waals surface area contributed by atoms with Crippen molar-refractivity contribution in [1.29, 1.82) is 0 Å². The third-order valence-corrected chi connectivity index (χ3v) is 5.66. The molecule has 0 radical (unpaired) electrons. The van der Waals surface area contributed by atoms with Gasteiger partial charge in [0, 0.05) is 5.41 Å². The lowest BCUT2D eigenvalue weighted by molar-refractivity contribution is -0.124. The molecule has 2 aromatic rings. The summed E-state index contributed by atoms with van der Waals surface area (Å²) in [5.41, 5.74) is 1.83. The lowest BCUT2D eigenvalue weighted by Gasteiger charge is -2.23. The number of aromatic nitrogens is 1. The van der Waals surface area contributed by atoms with Gasteiger partial charge < -0.3 is 15.2 Å². The van der Waals surface area contributed by atoms with Gasteiger partial charge in [-0.15, -0.1) is 0 Å². The first-order valence-electron chi connectivity index (χ1n) is 10.1. The van der Waals surface area contributed by atoms with Gasteiger partial charge in [-0.1, -0.05) is 50.1 Å². The zero-order valence-electron chi connectivity index (χ0n) is 16.7. The highest BCUT2D eigenvalue weighted by atomic mass is 16.5. The number of pyridine rings is 1. The highest BCUT2D eigenvalue weighted by molar-refractivity contribution is 5.84. The molecule has 1 fully saturated rings. The van der Waals surface area contributed by atoms with Crippen molar-refractivity contribution in [2.45, 2.75) is 51.5 Å². The van der Waals surface area contributed by atoms with Crippen LogP contribution in [0.2, 0.25) is 0 Å².